The number of aliphatic hydroxyl groups excluding tert-OH is 1. The summed E-state index contributed by atoms with van der Waals surface area (Å²) in [6.45, 7) is 3.54. The normalized spacial score (nSPS) is 16.4. The van der Waals surface area contributed by atoms with Crippen molar-refractivity contribution in [3.63, 3.8) is 0 Å². The van der Waals surface area contributed by atoms with Crippen molar-refractivity contribution in [1.82, 2.24) is 4.90 Å². The molecule has 2 aromatic rings. The van der Waals surface area contributed by atoms with E-state index < -0.39 is 17.7 Å². The highest BCUT2D eigenvalue weighted by atomic mass is 32.1. The fourth-order valence-corrected chi connectivity index (χ4v) is 4.17. The molecule has 1 aromatic carbocycles. The molecule has 1 N–H and O–H groups in total. The maximum atomic E-state index is 13.2. The number of ketones is 1. The molecule has 1 aliphatic heterocycles. The molecule has 0 saturated heterocycles. The van der Waals surface area contributed by atoms with Crippen LogP contribution in [0.2, 0.25) is 0 Å². The molecule has 6 nitrogen and oxygen atoms in total. The summed E-state index contributed by atoms with van der Waals surface area (Å²) in [5.74, 6) is -0.659. The topological polar surface area (TPSA) is 76.1 Å². The zero-order valence-electron chi connectivity index (χ0n) is 17.3. The molecule has 0 spiro atoms. The smallest absolute Gasteiger partial charge is 0.290 e. The van der Waals surface area contributed by atoms with Gasteiger partial charge in [-0.3, -0.25) is 9.59 Å². The summed E-state index contributed by atoms with van der Waals surface area (Å²) >= 11 is 1.29. The highest BCUT2D eigenvalue weighted by Gasteiger charge is 2.43. The van der Waals surface area contributed by atoms with Crippen LogP contribution in [0.4, 0.5) is 0 Å². The quantitative estimate of drug-likeness (QED) is 0.419. The molecular weight excluding hydrogens is 402 g/mol. The van der Waals surface area contributed by atoms with E-state index in [-0.39, 0.29) is 11.4 Å². The summed E-state index contributed by atoms with van der Waals surface area (Å²) in [5.41, 5.74) is 0.851. The van der Waals surface area contributed by atoms with Gasteiger partial charge in [0, 0.05) is 20.3 Å². The lowest BCUT2D eigenvalue weighted by molar-refractivity contribution is -0.129. The van der Waals surface area contributed by atoms with Gasteiger partial charge >= 0.3 is 0 Å². The van der Waals surface area contributed by atoms with Crippen molar-refractivity contribution in [3.05, 3.63) is 63.6 Å². The molecule has 1 aliphatic rings. The number of carbonyl (C=O) groups excluding carboxylic acids is 2. The van der Waals surface area contributed by atoms with Crippen LogP contribution in [0.15, 0.2) is 53.1 Å². The third-order valence-corrected chi connectivity index (χ3v) is 5.85. The van der Waals surface area contributed by atoms with Crippen molar-refractivity contribution < 1.29 is 24.2 Å². The molecule has 160 valence electrons. The van der Waals surface area contributed by atoms with Gasteiger partial charge in [-0.15, -0.1) is 11.3 Å². The van der Waals surface area contributed by atoms with Gasteiger partial charge in [-0.05, 0) is 42.0 Å². The van der Waals surface area contributed by atoms with Crippen LogP contribution in [0.25, 0.3) is 0 Å². The van der Waals surface area contributed by atoms with Gasteiger partial charge in [0.05, 0.1) is 23.1 Å². The number of rotatable bonds is 11. The van der Waals surface area contributed by atoms with E-state index in [9.17, 15) is 14.7 Å². The minimum Gasteiger partial charge on any atom is -0.503 e. The average molecular weight is 430 g/mol. The first-order valence-corrected chi connectivity index (χ1v) is 11.0. The zero-order valence-corrected chi connectivity index (χ0v) is 18.1. The maximum Gasteiger partial charge on any atom is 0.290 e. The summed E-state index contributed by atoms with van der Waals surface area (Å²) in [7, 11) is 1.60. The number of nitrogens with zero attached hydrogens (tertiary/aromatic N) is 1. The Morgan fingerprint density at radius 1 is 1.20 bits per heavy atom. The van der Waals surface area contributed by atoms with Crippen LogP contribution < -0.4 is 4.74 Å². The number of Topliss-reactive ketones (excluding diaryl/α,β-unsaturated/α-hetero) is 1. The number of aliphatic hydroxyl groups is 1. The van der Waals surface area contributed by atoms with Crippen molar-refractivity contribution in [1.29, 1.82) is 0 Å². The number of hydrogen-bond acceptors (Lipinski definition) is 6. The molecule has 0 radical (unpaired) electrons. The highest BCUT2D eigenvalue weighted by molar-refractivity contribution is 7.12. The average Bonchev–Trinajstić information content (AvgIpc) is 3.37. The van der Waals surface area contributed by atoms with Gasteiger partial charge in [-0.2, -0.15) is 0 Å². The summed E-state index contributed by atoms with van der Waals surface area (Å²) in [6.07, 6.45) is 2.57. The van der Waals surface area contributed by atoms with Gasteiger partial charge in [0.15, 0.2) is 5.76 Å². The van der Waals surface area contributed by atoms with E-state index in [1.165, 1.54) is 11.3 Å². The van der Waals surface area contributed by atoms with Crippen LogP contribution in [0.1, 0.15) is 47.5 Å². The standard InChI is InChI=1S/C23H27NO5S/c1-3-4-13-29-17-9-5-8-16(15-17)20-19(21(25)18-10-6-14-30-18)22(26)23(27)24(20)11-7-12-28-2/h5-6,8-10,14-15,20,26H,3-4,7,11-13H2,1-2H3. The number of hydrogen-bond donors (Lipinski definition) is 1. The van der Waals surface area contributed by atoms with Gasteiger partial charge in [-0.1, -0.05) is 31.5 Å². The van der Waals surface area contributed by atoms with Crippen molar-refractivity contribution in [2.45, 2.75) is 32.2 Å². The molecule has 0 saturated carbocycles. The van der Waals surface area contributed by atoms with Crippen LogP contribution in [0.3, 0.4) is 0 Å². The molecule has 1 unspecified atom stereocenters. The molecule has 1 atom stereocenters. The third kappa shape index (κ3) is 4.74. The molecule has 1 amide bonds. The van der Waals surface area contributed by atoms with Crippen LogP contribution in [-0.4, -0.2) is 48.6 Å². The summed E-state index contributed by atoms with van der Waals surface area (Å²) in [5, 5.41) is 12.4. The molecule has 7 heteroatoms. The van der Waals surface area contributed by atoms with Crippen molar-refractivity contribution in [2.75, 3.05) is 26.9 Å². The molecule has 0 bridgehead atoms. The maximum absolute atomic E-state index is 13.2. The molecule has 0 fully saturated rings. The number of thiophene rings is 1. The molecule has 2 heterocycles. The second-order valence-electron chi connectivity index (χ2n) is 7.09. The second-order valence-corrected chi connectivity index (χ2v) is 8.04. The number of unbranched alkanes of at least 4 members (excludes halogenated alkanes) is 1. The van der Waals surface area contributed by atoms with Gasteiger partial charge in [-0.25, -0.2) is 0 Å². The van der Waals surface area contributed by atoms with Crippen LogP contribution in [0, 0.1) is 0 Å². The van der Waals surface area contributed by atoms with Gasteiger partial charge < -0.3 is 19.5 Å². The first-order valence-electron chi connectivity index (χ1n) is 10.1. The lowest BCUT2D eigenvalue weighted by Gasteiger charge is -2.27. The lowest BCUT2D eigenvalue weighted by Crippen LogP contribution is -2.32. The molecule has 3 rings (SSSR count). The monoisotopic (exact) mass is 429 g/mol. The lowest BCUT2D eigenvalue weighted by atomic mass is 9.95. The Hall–Kier alpha value is -2.64. The van der Waals surface area contributed by atoms with Crippen LogP contribution in [0.5, 0.6) is 5.75 Å². The Kier molecular flexibility index (Phi) is 7.65. The summed E-state index contributed by atoms with van der Waals surface area (Å²) in [6, 6.07) is 10.2. The van der Waals surface area contributed by atoms with E-state index in [2.05, 4.69) is 6.92 Å². The second kappa shape index (κ2) is 10.4. The Bertz CT molecular complexity index is 906. The third-order valence-electron chi connectivity index (χ3n) is 4.98. The first kappa shape index (κ1) is 22.1. The van der Waals surface area contributed by atoms with E-state index in [0.717, 1.165) is 18.4 Å². The SMILES string of the molecule is CCCCOc1cccc(C2C(C(=O)c3cccs3)=C(O)C(=O)N2CCCOC)c1. The van der Waals surface area contributed by atoms with Crippen LogP contribution in [-0.2, 0) is 9.53 Å². The van der Waals surface area contributed by atoms with Gasteiger partial charge in [0.1, 0.15) is 5.75 Å². The molecule has 0 aliphatic carbocycles. The zero-order chi connectivity index (χ0) is 21.5. The molecule has 1 aromatic heterocycles. The largest absolute Gasteiger partial charge is 0.503 e. The molecule has 30 heavy (non-hydrogen) atoms. The van der Waals surface area contributed by atoms with E-state index in [4.69, 9.17) is 9.47 Å². The minimum atomic E-state index is -0.668. The number of ether oxygens (including phenoxy) is 2. The molecular formula is C23H27NO5S. The highest BCUT2D eigenvalue weighted by Crippen LogP contribution is 2.40. The Labute approximate surface area is 180 Å². The Balaban J connectivity index is 1.97. The fraction of sp³-hybridized carbons (Fsp3) is 0.391. The van der Waals surface area contributed by atoms with E-state index in [1.54, 1.807) is 29.5 Å². The number of carbonyl (C=O) groups is 2. The summed E-state index contributed by atoms with van der Waals surface area (Å²) in [4.78, 5) is 28.1. The van der Waals surface area contributed by atoms with Crippen molar-refractivity contribution >= 4 is 23.0 Å². The van der Waals surface area contributed by atoms with Gasteiger partial charge in [0.25, 0.3) is 5.91 Å². The van der Waals surface area contributed by atoms with Crippen molar-refractivity contribution in [2.24, 2.45) is 0 Å². The number of methoxy groups -OCH3 is 1. The first-order chi connectivity index (χ1) is 14.6. The Morgan fingerprint density at radius 2 is 2.03 bits per heavy atom. The van der Waals surface area contributed by atoms with Crippen LogP contribution >= 0.6 is 11.3 Å². The fourth-order valence-electron chi connectivity index (χ4n) is 3.49. The van der Waals surface area contributed by atoms with E-state index in [1.807, 2.05) is 24.3 Å². The van der Waals surface area contributed by atoms with E-state index >= 15 is 0 Å². The minimum absolute atomic E-state index is 0.116. The predicted octanol–water partition coefficient (Wildman–Crippen LogP) is 4.54. The number of amides is 1. The summed E-state index contributed by atoms with van der Waals surface area (Å²) < 4.78 is 10.9. The van der Waals surface area contributed by atoms with E-state index in [0.29, 0.717) is 36.8 Å². The Morgan fingerprint density at radius 3 is 2.73 bits per heavy atom. The number of benzene rings is 1. The van der Waals surface area contributed by atoms with Gasteiger partial charge in [0.2, 0.25) is 5.78 Å². The van der Waals surface area contributed by atoms with Crippen molar-refractivity contribution in [3.8, 4) is 5.75 Å². The predicted molar refractivity (Wildman–Crippen MR) is 116 cm³/mol.